The molecular weight excluding hydrogens is 250 g/mol. The molecule has 0 bridgehead atoms. The number of hydrogen-bond donors (Lipinski definition) is 1. The zero-order chi connectivity index (χ0) is 13.8. The van der Waals surface area contributed by atoms with E-state index in [1.165, 1.54) is 12.1 Å². The Balaban J connectivity index is 2.17. The normalized spacial score (nSPS) is 12.2. The molecule has 0 saturated carbocycles. The van der Waals surface area contributed by atoms with E-state index in [4.69, 9.17) is 4.74 Å². The van der Waals surface area contributed by atoms with E-state index in [-0.39, 0.29) is 12.2 Å². The van der Waals surface area contributed by atoms with Crippen molar-refractivity contribution in [2.24, 2.45) is 0 Å². The predicted molar refractivity (Wildman–Crippen MR) is 67.8 cm³/mol. The van der Waals surface area contributed by atoms with Crippen LogP contribution in [0, 0.1) is 11.6 Å². The third-order valence-electron chi connectivity index (χ3n) is 2.78. The van der Waals surface area contributed by atoms with Crippen molar-refractivity contribution in [1.82, 2.24) is 0 Å². The maximum absolute atomic E-state index is 13.5. The molecule has 4 heteroatoms. The molecule has 2 aromatic carbocycles. The number of halogens is 2. The summed E-state index contributed by atoms with van der Waals surface area (Å²) >= 11 is 0. The van der Waals surface area contributed by atoms with Crippen molar-refractivity contribution < 1.29 is 18.6 Å². The minimum Gasteiger partial charge on any atom is -0.488 e. The van der Waals surface area contributed by atoms with Crippen LogP contribution < -0.4 is 4.74 Å². The molecule has 0 aliphatic carbocycles. The standard InChI is InChI=1S/C15H14F2O2/c1-10(18)12-6-2-3-8-14(12)19-9-11-5-4-7-13(16)15(11)17/h2-8,10,18H,9H2,1H3. The highest BCUT2D eigenvalue weighted by Crippen LogP contribution is 2.25. The average molecular weight is 264 g/mol. The monoisotopic (exact) mass is 264 g/mol. The Labute approximate surface area is 110 Å². The van der Waals surface area contributed by atoms with Crippen molar-refractivity contribution >= 4 is 0 Å². The van der Waals surface area contributed by atoms with Gasteiger partial charge in [0.1, 0.15) is 12.4 Å². The lowest BCUT2D eigenvalue weighted by molar-refractivity contribution is 0.189. The number of aliphatic hydroxyl groups is 1. The highest BCUT2D eigenvalue weighted by atomic mass is 19.2. The van der Waals surface area contributed by atoms with Crippen molar-refractivity contribution in [3.05, 3.63) is 65.2 Å². The van der Waals surface area contributed by atoms with Crippen LogP contribution in [-0.4, -0.2) is 5.11 Å². The van der Waals surface area contributed by atoms with Crippen LogP contribution in [0.1, 0.15) is 24.2 Å². The zero-order valence-electron chi connectivity index (χ0n) is 10.4. The lowest BCUT2D eigenvalue weighted by Gasteiger charge is -2.13. The molecule has 1 unspecified atom stereocenters. The molecule has 2 rings (SSSR count). The van der Waals surface area contributed by atoms with E-state index in [0.717, 1.165) is 6.07 Å². The molecule has 2 nitrogen and oxygen atoms in total. The van der Waals surface area contributed by atoms with Crippen LogP contribution in [0.15, 0.2) is 42.5 Å². The number of ether oxygens (including phenoxy) is 1. The van der Waals surface area contributed by atoms with E-state index in [1.807, 2.05) is 0 Å². The van der Waals surface area contributed by atoms with Crippen LogP contribution in [-0.2, 0) is 6.61 Å². The number of para-hydroxylation sites is 1. The highest BCUT2D eigenvalue weighted by Gasteiger charge is 2.11. The van der Waals surface area contributed by atoms with Gasteiger partial charge in [-0.15, -0.1) is 0 Å². The zero-order valence-corrected chi connectivity index (χ0v) is 10.4. The Morgan fingerprint density at radius 2 is 1.84 bits per heavy atom. The molecule has 0 fully saturated rings. The predicted octanol–water partition coefficient (Wildman–Crippen LogP) is 3.60. The van der Waals surface area contributed by atoms with Crippen molar-refractivity contribution in [2.75, 3.05) is 0 Å². The van der Waals surface area contributed by atoms with E-state index in [1.54, 1.807) is 31.2 Å². The Hall–Kier alpha value is -1.94. The van der Waals surface area contributed by atoms with Gasteiger partial charge in [0, 0.05) is 11.1 Å². The molecule has 0 spiro atoms. The second kappa shape index (κ2) is 5.80. The quantitative estimate of drug-likeness (QED) is 0.914. The van der Waals surface area contributed by atoms with Gasteiger partial charge in [0.15, 0.2) is 11.6 Å². The van der Waals surface area contributed by atoms with Crippen LogP contribution in [0.2, 0.25) is 0 Å². The first-order valence-corrected chi connectivity index (χ1v) is 5.92. The maximum Gasteiger partial charge on any atom is 0.165 e. The molecule has 0 radical (unpaired) electrons. The molecule has 2 aromatic rings. The van der Waals surface area contributed by atoms with Gasteiger partial charge in [-0.3, -0.25) is 0 Å². The topological polar surface area (TPSA) is 29.5 Å². The van der Waals surface area contributed by atoms with Crippen molar-refractivity contribution in [2.45, 2.75) is 19.6 Å². The number of benzene rings is 2. The van der Waals surface area contributed by atoms with Crippen LogP contribution in [0.25, 0.3) is 0 Å². The second-order valence-corrected chi connectivity index (χ2v) is 4.22. The summed E-state index contributed by atoms with van der Waals surface area (Å²) in [4.78, 5) is 0. The minimum atomic E-state index is -0.906. The first kappa shape index (κ1) is 13.5. The van der Waals surface area contributed by atoms with Gasteiger partial charge in [-0.25, -0.2) is 8.78 Å². The van der Waals surface area contributed by atoms with Gasteiger partial charge in [-0.1, -0.05) is 30.3 Å². The first-order valence-electron chi connectivity index (χ1n) is 5.92. The molecule has 0 aromatic heterocycles. The van der Waals surface area contributed by atoms with Gasteiger partial charge in [-0.05, 0) is 19.1 Å². The van der Waals surface area contributed by atoms with Crippen molar-refractivity contribution in [1.29, 1.82) is 0 Å². The molecular formula is C15H14F2O2. The Morgan fingerprint density at radius 3 is 2.58 bits per heavy atom. The summed E-state index contributed by atoms with van der Waals surface area (Å²) in [5.41, 5.74) is 0.750. The fraction of sp³-hybridized carbons (Fsp3) is 0.200. The van der Waals surface area contributed by atoms with E-state index in [0.29, 0.717) is 11.3 Å². The SMILES string of the molecule is CC(O)c1ccccc1OCc1cccc(F)c1F. The molecule has 100 valence electrons. The summed E-state index contributed by atoms with van der Waals surface area (Å²) < 4.78 is 32.0. The Morgan fingerprint density at radius 1 is 1.11 bits per heavy atom. The van der Waals surface area contributed by atoms with Crippen LogP contribution >= 0.6 is 0 Å². The van der Waals surface area contributed by atoms with Crippen molar-refractivity contribution in [3.8, 4) is 5.75 Å². The molecule has 0 aliphatic heterocycles. The maximum atomic E-state index is 13.5. The fourth-order valence-electron chi connectivity index (χ4n) is 1.77. The summed E-state index contributed by atoms with van der Waals surface area (Å²) in [6, 6.07) is 10.9. The first-order chi connectivity index (χ1) is 9.09. The van der Waals surface area contributed by atoms with E-state index >= 15 is 0 Å². The Kier molecular flexibility index (Phi) is 4.12. The lowest BCUT2D eigenvalue weighted by Crippen LogP contribution is -2.03. The molecule has 0 aliphatic rings. The second-order valence-electron chi connectivity index (χ2n) is 4.22. The van der Waals surface area contributed by atoms with Gasteiger partial charge in [-0.2, -0.15) is 0 Å². The highest BCUT2D eigenvalue weighted by molar-refractivity contribution is 5.35. The van der Waals surface area contributed by atoms with E-state index in [9.17, 15) is 13.9 Å². The van der Waals surface area contributed by atoms with E-state index in [2.05, 4.69) is 0 Å². The third-order valence-corrected chi connectivity index (χ3v) is 2.78. The van der Waals surface area contributed by atoms with Gasteiger partial charge < -0.3 is 9.84 Å². The van der Waals surface area contributed by atoms with Crippen LogP contribution in [0.5, 0.6) is 5.75 Å². The van der Waals surface area contributed by atoms with Gasteiger partial charge >= 0.3 is 0 Å². The minimum absolute atomic E-state index is 0.0900. The van der Waals surface area contributed by atoms with Gasteiger partial charge in [0.2, 0.25) is 0 Å². The summed E-state index contributed by atoms with van der Waals surface area (Å²) in [5, 5.41) is 9.59. The summed E-state index contributed by atoms with van der Waals surface area (Å²) in [5.74, 6) is -1.34. The molecule has 1 N–H and O–H groups in total. The summed E-state index contributed by atoms with van der Waals surface area (Å²) in [6.07, 6.45) is -0.687. The molecule has 0 heterocycles. The average Bonchev–Trinajstić information content (AvgIpc) is 2.40. The number of aliphatic hydroxyl groups excluding tert-OH is 1. The summed E-state index contributed by atoms with van der Waals surface area (Å²) in [6.45, 7) is 1.53. The van der Waals surface area contributed by atoms with Crippen molar-refractivity contribution in [3.63, 3.8) is 0 Å². The molecule has 19 heavy (non-hydrogen) atoms. The smallest absolute Gasteiger partial charge is 0.165 e. The van der Waals surface area contributed by atoms with Gasteiger partial charge in [0.05, 0.1) is 6.10 Å². The van der Waals surface area contributed by atoms with Crippen LogP contribution in [0.4, 0.5) is 8.78 Å². The lowest BCUT2D eigenvalue weighted by atomic mass is 10.1. The fourth-order valence-corrected chi connectivity index (χ4v) is 1.77. The molecule has 0 amide bonds. The Bertz CT molecular complexity index is 568. The molecule has 0 saturated heterocycles. The van der Waals surface area contributed by atoms with Crippen LogP contribution in [0.3, 0.4) is 0 Å². The number of hydrogen-bond acceptors (Lipinski definition) is 2. The summed E-state index contributed by atoms with van der Waals surface area (Å²) in [7, 11) is 0. The van der Waals surface area contributed by atoms with E-state index < -0.39 is 17.7 Å². The third kappa shape index (κ3) is 3.09. The number of rotatable bonds is 4. The molecule has 1 atom stereocenters. The largest absolute Gasteiger partial charge is 0.488 e. The van der Waals surface area contributed by atoms with Gasteiger partial charge in [0.25, 0.3) is 0 Å².